The molecule has 92 valence electrons. The van der Waals surface area contributed by atoms with Crippen molar-refractivity contribution in [3.63, 3.8) is 0 Å². The Morgan fingerprint density at radius 3 is 1.69 bits per heavy atom. The number of esters is 2. The predicted octanol–water partition coefficient (Wildman–Crippen LogP) is 1.60. The number of carbonyl (C=O) groups excluding carboxylic acids is 2. The van der Waals surface area contributed by atoms with Crippen LogP contribution in [0.2, 0.25) is 0 Å². The minimum absolute atomic E-state index is 0.132. The van der Waals surface area contributed by atoms with E-state index in [0.717, 1.165) is 0 Å². The fourth-order valence-electron chi connectivity index (χ4n) is 0.783. The second kappa shape index (κ2) is 6.14. The molecule has 0 atom stereocenters. The molecule has 0 aliphatic rings. The second-order valence-electron chi connectivity index (χ2n) is 2.54. The van der Waals surface area contributed by atoms with Crippen LogP contribution in [-0.2, 0) is 19.1 Å². The van der Waals surface area contributed by atoms with Gasteiger partial charge in [0.05, 0.1) is 13.2 Å². The monoisotopic (exact) mass is 240 g/mol. The molecule has 0 aliphatic heterocycles. The van der Waals surface area contributed by atoms with Gasteiger partial charge in [-0.2, -0.15) is 13.2 Å². The van der Waals surface area contributed by atoms with E-state index in [1.807, 2.05) is 0 Å². The van der Waals surface area contributed by atoms with Crippen LogP contribution >= 0.6 is 0 Å². The quantitative estimate of drug-likeness (QED) is 0.324. The Bertz CT molecular complexity index is 274. The molecule has 4 nitrogen and oxygen atoms in total. The van der Waals surface area contributed by atoms with Crippen LogP contribution in [0.4, 0.5) is 13.2 Å². The van der Waals surface area contributed by atoms with Gasteiger partial charge in [0.25, 0.3) is 0 Å². The zero-order valence-corrected chi connectivity index (χ0v) is 8.76. The first-order chi connectivity index (χ1) is 7.31. The maximum absolute atomic E-state index is 12.0. The Morgan fingerprint density at radius 2 is 1.44 bits per heavy atom. The van der Waals surface area contributed by atoms with Gasteiger partial charge in [-0.1, -0.05) is 0 Å². The highest BCUT2D eigenvalue weighted by molar-refractivity contribution is 6.14. The van der Waals surface area contributed by atoms with E-state index in [-0.39, 0.29) is 13.2 Å². The number of halogens is 3. The van der Waals surface area contributed by atoms with Crippen LogP contribution in [0.25, 0.3) is 0 Å². The number of ether oxygens (including phenoxy) is 2. The van der Waals surface area contributed by atoms with Crippen molar-refractivity contribution in [2.75, 3.05) is 13.2 Å². The third-order valence-electron chi connectivity index (χ3n) is 1.30. The molecule has 0 N–H and O–H groups in total. The van der Waals surface area contributed by atoms with E-state index in [1.165, 1.54) is 13.8 Å². The van der Waals surface area contributed by atoms with Gasteiger partial charge >= 0.3 is 18.1 Å². The molecule has 16 heavy (non-hydrogen) atoms. The summed E-state index contributed by atoms with van der Waals surface area (Å²) in [5, 5.41) is 0. The van der Waals surface area contributed by atoms with E-state index >= 15 is 0 Å². The van der Waals surface area contributed by atoms with Crippen LogP contribution in [0, 0.1) is 0 Å². The molecule has 0 aromatic carbocycles. The summed E-state index contributed by atoms with van der Waals surface area (Å²) in [7, 11) is 0. The Morgan fingerprint density at radius 1 is 1.06 bits per heavy atom. The molecular formula is C9H11F3O4. The van der Waals surface area contributed by atoms with Crippen LogP contribution in [0.1, 0.15) is 13.8 Å². The molecule has 0 saturated heterocycles. The SMILES string of the molecule is CCOC(=O)C(=CC(F)(F)F)C(=O)OCC. The van der Waals surface area contributed by atoms with Gasteiger partial charge in [-0.15, -0.1) is 0 Å². The third kappa shape index (κ3) is 5.38. The third-order valence-corrected chi connectivity index (χ3v) is 1.30. The van der Waals surface area contributed by atoms with Crippen molar-refractivity contribution in [3.8, 4) is 0 Å². The highest BCUT2D eigenvalue weighted by Gasteiger charge is 2.31. The molecule has 0 unspecified atom stereocenters. The number of hydrogen-bond donors (Lipinski definition) is 0. The fraction of sp³-hybridized carbons (Fsp3) is 0.556. The number of alkyl halides is 3. The van der Waals surface area contributed by atoms with Gasteiger partial charge in [0.2, 0.25) is 0 Å². The molecule has 7 heteroatoms. The van der Waals surface area contributed by atoms with Gasteiger partial charge in [0.15, 0.2) is 0 Å². The Kier molecular flexibility index (Phi) is 5.55. The highest BCUT2D eigenvalue weighted by atomic mass is 19.4. The summed E-state index contributed by atoms with van der Waals surface area (Å²) in [6.07, 6.45) is -5.21. The standard InChI is InChI=1S/C9H11F3O4/c1-3-15-7(13)6(5-9(10,11)12)8(14)16-4-2/h5H,3-4H2,1-2H3. The molecule has 0 heterocycles. The maximum atomic E-state index is 12.0. The second-order valence-corrected chi connectivity index (χ2v) is 2.54. The molecule has 0 aromatic rings. The summed E-state index contributed by atoms with van der Waals surface area (Å²) in [6, 6.07) is 0. The molecule has 0 spiro atoms. The zero-order chi connectivity index (χ0) is 12.8. The molecule has 0 amide bonds. The molecule has 0 aromatic heterocycles. The van der Waals surface area contributed by atoms with Gasteiger partial charge in [-0.05, 0) is 13.8 Å². The predicted molar refractivity (Wildman–Crippen MR) is 47.4 cm³/mol. The van der Waals surface area contributed by atoms with Gasteiger partial charge < -0.3 is 9.47 Å². The van der Waals surface area contributed by atoms with E-state index in [0.29, 0.717) is 0 Å². The van der Waals surface area contributed by atoms with Crippen molar-refractivity contribution in [1.29, 1.82) is 0 Å². The van der Waals surface area contributed by atoms with E-state index in [4.69, 9.17) is 0 Å². The lowest BCUT2D eigenvalue weighted by Gasteiger charge is -2.07. The topological polar surface area (TPSA) is 52.6 Å². The molecule has 0 rings (SSSR count). The van der Waals surface area contributed by atoms with Crippen LogP contribution in [0.3, 0.4) is 0 Å². The van der Waals surface area contributed by atoms with Crippen molar-refractivity contribution in [2.24, 2.45) is 0 Å². The number of rotatable bonds is 4. The van der Waals surface area contributed by atoms with Crippen LogP contribution in [0.15, 0.2) is 11.6 Å². The first-order valence-corrected chi connectivity index (χ1v) is 4.45. The first kappa shape index (κ1) is 14.5. The van der Waals surface area contributed by atoms with E-state index in [9.17, 15) is 22.8 Å². The molecule has 0 fully saturated rings. The molecule has 0 radical (unpaired) electrons. The van der Waals surface area contributed by atoms with Crippen molar-refractivity contribution in [1.82, 2.24) is 0 Å². The summed E-state index contributed by atoms with van der Waals surface area (Å²) in [5.41, 5.74) is -1.16. The molecule has 0 aliphatic carbocycles. The van der Waals surface area contributed by atoms with Gasteiger partial charge in [-0.25, -0.2) is 9.59 Å². The number of hydrogen-bond acceptors (Lipinski definition) is 4. The molecular weight excluding hydrogens is 229 g/mol. The first-order valence-electron chi connectivity index (χ1n) is 4.45. The summed E-state index contributed by atoms with van der Waals surface area (Å²) >= 11 is 0. The van der Waals surface area contributed by atoms with Crippen molar-refractivity contribution < 1.29 is 32.2 Å². The van der Waals surface area contributed by atoms with Gasteiger partial charge in [0.1, 0.15) is 5.57 Å². The fourth-order valence-corrected chi connectivity index (χ4v) is 0.783. The maximum Gasteiger partial charge on any atom is 0.410 e. The van der Waals surface area contributed by atoms with Crippen LogP contribution < -0.4 is 0 Å². The molecule has 0 bridgehead atoms. The smallest absolute Gasteiger partial charge is 0.410 e. The summed E-state index contributed by atoms with van der Waals surface area (Å²) < 4.78 is 44.7. The largest absolute Gasteiger partial charge is 0.462 e. The Balaban J connectivity index is 4.98. The van der Waals surface area contributed by atoms with E-state index < -0.39 is 29.8 Å². The lowest BCUT2D eigenvalue weighted by atomic mass is 10.2. The van der Waals surface area contributed by atoms with Crippen LogP contribution in [-0.4, -0.2) is 31.3 Å². The zero-order valence-electron chi connectivity index (χ0n) is 8.76. The van der Waals surface area contributed by atoms with Crippen LogP contribution in [0.5, 0.6) is 0 Å². The summed E-state index contributed by atoms with van der Waals surface area (Å²) in [4.78, 5) is 22.1. The van der Waals surface area contributed by atoms with Gasteiger partial charge in [0, 0.05) is 6.08 Å². The minimum atomic E-state index is -4.78. The molecule has 0 saturated carbocycles. The highest BCUT2D eigenvalue weighted by Crippen LogP contribution is 2.19. The van der Waals surface area contributed by atoms with Crippen molar-refractivity contribution >= 4 is 11.9 Å². The average molecular weight is 240 g/mol. The number of carbonyl (C=O) groups is 2. The summed E-state index contributed by atoms with van der Waals surface area (Å²) in [6.45, 7) is 2.56. The average Bonchev–Trinajstić information content (AvgIpc) is 2.13. The van der Waals surface area contributed by atoms with Gasteiger partial charge in [-0.3, -0.25) is 0 Å². The lowest BCUT2D eigenvalue weighted by molar-refractivity contribution is -0.147. The van der Waals surface area contributed by atoms with Crippen molar-refractivity contribution in [3.05, 3.63) is 11.6 Å². The number of allylic oxidation sites excluding steroid dienone is 1. The lowest BCUT2D eigenvalue weighted by Crippen LogP contribution is -2.21. The van der Waals surface area contributed by atoms with E-state index in [2.05, 4.69) is 9.47 Å². The summed E-state index contributed by atoms with van der Waals surface area (Å²) in [5.74, 6) is -2.70. The minimum Gasteiger partial charge on any atom is -0.462 e. The van der Waals surface area contributed by atoms with E-state index in [1.54, 1.807) is 0 Å². The van der Waals surface area contributed by atoms with Crippen molar-refractivity contribution in [2.45, 2.75) is 20.0 Å². The normalized spacial score (nSPS) is 10.6. The Hall–Kier alpha value is -1.53. The Labute approximate surface area is 90.0 Å².